The predicted molar refractivity (Wildman–Crippen MR) is 80.2 cm³/mol. The van der Waals surface area contributed by atoms with Crippen LogP contribution in [-0.2, 0) is 10.8 Å². The van der Waals surface area contributed by atoms with Crippen molar-refractivity contribution in [1.29, 1.82) is 0 Å². The molecule has 0 aliphatic carbocycles. The molecule has 1 aliphatic heterocycles. The van der Waals surface area contributed by atoms with Crippen molar-refractivity contribution in [2.24, 2.45) is 5.92 Å². The zero-order chi connectivity index (χ0) is 13.4. The molecule has 0 saturated carbocycles. The van der Waals surface area contributed by atoms with Gasteiger partial charge in [0.15, 0.2) is 0 Å². The van der Waals surface area contributed by atoms with Gasteiger partial charge in [0.05, 0.1) is 15.7 Å². The van der Waals surface area contributed by atoms with E-state index in [4.69, 9.17) is 0 Å². The summed E-state index contributed by atoms with van der Waals surface area (Å²) in [7, 11) is -0.924. The monoisotopic (exact) mass is 329 g/mol. The second-order valence-corrected chi connectivity index (χ2v) is 7.92. The van der Waals surface area contributed by atoms with E-state index in [0.717, 1.165) is 9.37 Å². The highest BCUT2D eigenvalue weighted by Gasteiger charge is 2.37. The minimum absolute atomic E-state index is 0.174. The van der Waals surface area contributed by atoms with Crippen LogP contribution in [0.5, 0.6) is 0 Å². The third kappa shape index (κ3) is 2.43. The third-order valence-electron chi connectivity index (χ3n) is 3.65. The van der Waals surface area contributed by atoms with Gasteiger partial charge in [-0.2, -0.15) is 0 Å². The van der Waals surface area contributed by atoms with E-state index in [1.54, 1.807) is 0 Å². The van der Waals surface area contributed by atoms with E-state index < -0.39 is 10.8 Å². The number of nitrogens with one attached hydrogen (secondary N) is 1. The summed E-state index contributed by atoms with van der Waals surface area (Å²) in [5.74, 6) is 0.370. The standard InChI is InChI=1S/C14H20BrNOS/c1-8(2)16-13-9(3)10(4)18(17)14-11(13)6-5-7-12(14)15/h5-10,13,16H,1-4H3. The van der Waals surface area contributed by atoms with E-state index in [2.05, 4.69) is 55.0 Å². The topological polar surface area (TPSA) is 29.1 Å². The van der Waals surface area contributed by atoms with Gasteiger partial charge in [-0.05, 0) is 33.5 Å². The van der Waals surface area contributed by atoms with Crippen LogP contribution in [0.3, 0.4) is 0 Å². The number of hydrogen-bond acceptors (Lipinski definition) is 2. The lowest BCUT2D eigenvalue weighted by Gasteiger charge is -2.37. The normalized spacial score (nSPS) is 31.4. The Bertz CT molecular complexity index is 475. The molecule has 1 aliphatic rings. The van der Waals surface area contributed by atoms with E-state index in [9.17, 15) is 4.21 Å². The molecule has 18 heavy (non-hydrogen) atoms. The Kier molecular flexibility index (Phi) is 4.29. The molecule has 0 saturated heterocycles. The van der Waals surface area contributed by atoms with Crippen LogP contribution in [0.15, 0.2) is 27.6 Å². The summed E-state index contributed by atoms with van der Waals surface area (Å²) in [6, 6.07) is 6.80. The molecule has 4 heteroatoms. The molecule has 100 valence electrons. The van der Waals surface area contributed by atoms with E-state index in [-0.39, 0.29) is 11.3 Å². The molecule has 4 atom stereocenters. The predicted octanol–water partition coefficient (Wildman–Crippen LogP) is 3.63. The molecule has 1 heterocycles. The van der Waals surface area contributed by atoms with Crippen LogP contribution in [-0.4, -0.2) is 15.5 Å². The summed E-state index contributed by atoms with van der Waals surface area (Å²) in [6.07, 6.45) is 0. The smallest absolute Gasteiger partial charge is 0.0580 e. The Labute approximate surface area is 120 Å². The van der Waals surface area contributed by atoms with Gasteiger partial charge in [0.1, 0.15) is 0 Å². The van der Waals surface area contributed by atoms with E-state index in [1.807, 2.05) is 12.1 Å². The lowest BCUT2D eigenvalue weighted by Crippen LogP contribution is -2.41. The van der Waals surface area contributed by atoms with Gasteiger partial charge in [-0.25, -0.2) is 0 Å². The van der Waals surface area contributed by atoms with Crippen LogP contribution >= 0.6 is 15.9 Å². The molecule has 0 fully saturated rings. The molecule has 0 aromatic heterocycles. The fraction of sp³-hybridized carbons (Fsp3) is 0.571. The van der Waals surface area contributed by atoms with Crippen LogP contribution < -0.4 is 5.32 Å². The molecule has 1 aromatic rings. The summed E-state index contributed by atoms with van der Waals surface area (Å²) in [5.41, 5.74) is 1.18. The lowest BCUT2D eigenvalue weighted by molar-refractivity contribution is 0.343. The maximum atomic E-state index is 12.5. The molecule has 0 radical (unpaired) electrons. The van der Waals surface area contributed by atoms with Gasteiger partial charge in [0.2, 0.25) is 0 Å². The zero-order valence-corrected chi connectivity index (χ0v) is 13.6. The average molecular weight is 330 g/mol. The van der Waals surface area contributed by atoms with Crippen molar-refractivity contribution in [3.8, 4) is 0 Å². The van der Waals surface area contributed by atoms with Crippen LogP contribution in [0.1, 0.15) is 39.3 Å². The first kappa shape index (κ1) is 14.2. The number of benzene rings is 1. The molecule has 0 spiro atoms. The molecule has 2 rings (SSSR count). The van der Waals surface area contributed by atoms with Crippen LogP contribution in [0.2, 0.25) is 0 Å². The van der Waals surface area contributed by atoms with Gasteiger partial charge in [-0.15, -0.1) is 0 Å². The second-order valence-electron chi connectivity index (χ2n) is 5.32. The quantitative estimate of drug-likeness (QED) is 0.897. The summed E-state index contributed by atoms with van der Waals surface area (Å²) >= 11 is 3.54. The molecule has 0 amide bonds. The molecule has 1 aromatic carbocycles. The van der Waals surface area contributed by atoms with Gasteiger partial charge in [0.25, 0.3) is 0 Å². The highest BCUT2D eigenvalue weighted by Crippen LogP contribution is 2.41. The number of hydrogen-bond donors (Lipinski definition) is 1. The molecular formula is C14H20BrNOS. The van der Waals surface area contributed by atoms with Crippen molar-refractivity contribution in [3.63, 3.8) is 0 Å². The van der Waals surface area contributed by atoms with Gasteiger partial charge in [-0.1, -0.05) is 39.8 Å². The summed E-state index contributed by atoms with van der Waals surface area (Å²) in [6.45, 7) is 8.58. The zero-order valence-electron chi connectivity index (χ0n) is 11.2. The van der Waals surface area contributed by atoms with E-state index >= 15 is 0 Å². The average Bonchev–Trinajstić information content (AvgIpc) is 2.31. The van der Waals surface area contributed by atoms with Crippen molar-refractivity contribution in [3.05, 3.63) is 28.2 Å². The highest BCUT2D eigenvalue weighted by atomic mass is 79.9. The summed E-state index contributed by atoms with van der Waals surface area (Å²) in [4.78, 5) is 0.973. The second kappa shape index (κ2) is 5.43. The Balaban J connectivity index is 2.53. The molecule has 4 unspecified atom stereocenters. The van der Waals surface area contributed by atoms with Crippen molar-refractivity contribution in [2.45, 2.75) is 49.9 Å². The fourth-order valence-electron chi connectivity index (χ4n) is 2.52. The number of rotatable bonds is 2. The van der Waals surface area contributed by atoms with Gasteiger partial charge in [-0.3, -0.25) is 4.21 Å². The van der Waals surface area contributed by atoms with Crippen LogP contribution in [0, 0.1) is 5.92 Å². The SMILES string of the molecule is CC(C)NC1c2cccc(Br)c2S(=O)C(C)C1C. The van der Waals surface area contributed by atoms with Crippen molar-refractivity contribution < 1.29 is 4.21 Å². The Morgan fingerprint density at radius 3 is 2.61 bits per heavy atom. The summed E-state index contributed by atoms with van der Waals surface area (Å²) in [5, 5.41) is 3.78. The van der Waals surface area contributed by atoms with Crippen LogP contribution in [0.25, 0.3) is 0 Å². The number of halogens is 1. The molecular weight excluding hydrogens is 310 g/mol. The van der Waals surface area contributed by atoms with Crippen molar-refractivity contribution in [1.82, 2.24) is 5.32 Å². The maximum Gasteiger partial charge on any atom is 0.0580 e. The number of fused-ring (bicyclic) bond motifs is 1. The molecule has 1 N–H and O–H groups in total. The fourth-order valence-corrected chi connectivity index (χ4v) is 4.98. The minimum Gasteiger partial charge on any atom is -0.307 e. The van der Waals surface area contributed by atoms with Gasteiger partial charge >= 0.3 is 0 Å². The Hall–Kier alpha value is -0.190. The summed E-state index contributed by atoms with van der Waals surface area (Å²) < 4.78 is 13.5. The van der Waals surface area contributed by atoms with E-state index in [0.29, 0.717) is 12.0 Å². The Morgan fingerprint density at radius 2 is 2.00 bits per heavy atom. The molecule has 0 bridgehead atoms. The highest BCUT2D eigenvalue weighted by molar-refractivity contribution is 9.10. The maximum absolute atomic E-state index is 12.5. The molecule has 2 nitrogen and oxygen atoms in total. The van der Waals surface area contributed by atoms with E-state index in [1.165, 1.54) is 5.56 Å². The van der Waals surface area contributed by atoms with Crippen LogP contribution in [0.4, 0.5) is 0 Å². The first-order chi connectivity index (χ1) is 8.43. The van der Waals surface area contributed by atoms with Gasteiger partial charge < -0.3 is 5.32 Å². The third-order valence-corrected chi connectivity index (χ3v) is 6.54. The van der Waals surface area contributed by atoms with Crippen molar-refractivity contribution >= 4 is 26.7 Å². The lowest BCUT2D eigenvalue weighted by atomic mass is 9.91. The van der Waals surface area contributed by atoms with Crippen molar-refractivity contribution in [2.75, 3.05) is 0 Å². The minimum atomic E-state index is -0.924. The van der Waals surface area contributed by atoms with Gasteiger partial charge in [0, 0.05) is 21.8 Å². The first-order valence-corrected chi connectivity index (χ1v) is 8.39. The Morgan fingerprint density at radius 1 is 1.33 bits per heavy atom. The first-order valence-electron chi connectivity index (χ1n) is 6.38. The largest absolute Gasteiger partial charge is 0.307 e.